The van der Waals surface area contributed by atoms with Crippen molar-refractivity contribution in [2.45, 2.75) is 13.8 Å². The average Bonchev–Trinajstić information content (AvgIpc) is 2.47. The van der Waals surface area contributed by atoms with E-state index in [-0.39, 0.29) is 0 Å². The second kappa shape index (κ2) is 3.70. The molecule has 0 N–H and O–H groups in total. The van der Waals surface area contributed by atoms with Gasteiger partial charge in [0, 0.05) is 11.4 Å². The van der Waals surface area contributed by atoms with Gasteiger partial charge in [0.2, 0.25) is 0 Å². The molecule has 0 fully saturated rings. The maximum Gasteiger partial charge on any atom is 0.189 e. The number of anilines is 1. The summed E-state index contributed by atoms with van der Waals surface area (Å²) in [7, 11) is 0. The molecule has 1 heterocycles. The molecule has 2 rings (SSSR count). The van der Waals surface area contributed by atoms with E-state index >= 15 is 0 Å². The van der Waals surface area contributed by atoms with Crippen molar-refractivity contribution in [1.29, 1.82) is 0 Å². The fourth-order valence-corrected chi connectivity index (χ4v) is 1.63. The number of benzene rings is 1. The number of hydrogen-bond donors (Lipinski definition) is 0. The Morgan fingerprint density at radius 2 is 1.87 bits per heavy atom. The molecule has 0 aliphatic carbocycles. The molecule has 1 aromatic rings. The third kappa shape index (κ3) is 1.77. The second-order valence-electron chi connectivity index (χ2n) is 3.44. The van der Waals surface area contributed by atoms with Gasteiger partial charge in [0.1, 0.15) is 0 Å². The van der Waals surface area contributed by atoms with Crippen molar-refractivity contribution >= 4 is 28.3 Å². The molecule has 0 saturated carbocycles. The van der Waals surface area contributed by atoms with Crippen LogP contribution < -0.4 is 5.12 Å². The molecule has 1 aromatic carbocycles. The van der Waals surface area contributed by atoms with Crippen LogP contribution in [0.1, 0.15) is 13.8 Å². The summed E-state index contributed by atoms with van der Waals surface area (Å²) in [5.74, 6) is 0. The van der Waals surface area contributed by atoms with E-state index in [0.717, 1.165) is 21.6 Å². The summed E-state index contributed by atoms with van der Waals surface area (Å²) >= 11 is 3.40. The van der Waals surface area contributed by atoms with Crippen LogP contribution in [-0.4, -0.2) is 11.4 Å². The van der Waals surface area contributed by atoms with Crippen molar-refractivity contribution in [2.75, 3.05) is 5.12 Å². The molecule has 0 atom stereocenters. The highest BCUT2D eigenvalue weighted by atomic mass is 79.9. The Morgan fingerprint density at radius 3 is 2.33 bits per heavy atom. The van der Waals surface area contributed by atoms with Gasteiger partial charge in [-0.1, -0.05) is 28.6 Å². The van der Waals surface area contributed by atoms with E-state index in [2.05, 4.69) is 28.1 Å². The minimum absolute atomic E-state index is 0.993. The fraction of sp³-hybridized carbons (Fsp3) is 0.182. The quantitative estimate of drug-likeness (QED) is 0.713. The summed E-state index contributed by atoms with van der Waals surface area (Å²) in [6.45, 7) is 7.93. The zero-order chi connectivity index (χ0) is 11.0. The molecule has 0 saturated heterocycles. The number of hydrazine groups is 1. The van der Waals surface area contributed by atoms with E-state index in [9.17, 15) is 0 Å². The lowest BCUT2D eigenvalue weighted by Crippen LogP contribution is -2.23. The van der Waals surface area contributed by atoms with Crippen molar-refractivity contribution in [3.8, 4) is 0 Å². The largest absolute Gasteiger partial charge is 0.535 e. The van der Waals surface area contributed by atoms with Crippen molar-refractivity contribution in [2.24, 2.45) is 0 Å². The summed E-state index contributed by atoms with van der Waals surface area (Å²) in [5, 5.41) is 1.79. The van der Waals surface area contributed by atoms with Gasteiger partial charge in [0.15, 0.2) is 12.4 Å². The highest BCUT2D eigenvalue weighted by Gasteiger charge is 2.18. The topological polar surface area (TPSA) is 20.4 Å². The van der Waals surface area contributed by atoms with E-state index in [0.29, 0.717) is 0 Å². The molecule has 0 aromatic heterocycles. The zero-order valence-corrected chi connectivity index (χ0v) is 10.3. The van der Waals surface area contributed by atoms with Crippen LogP contribution in [0.4, 0.5) is 5.69 Å². The van der Waals surface area contributed by atoms with Gasteiger partial charge in [-0.05, 0) is 24.3 Å². The van der Waals surface area contributed by atoms with E-state index in [1.807, 2.05) is 38.1 Å². The standard InChI is InChI=1S/C11H12BrN3/c1-8-9(2)14(3)15(13-8)11-6-4-10(12)5-7-11/h4-7H,3H2,1-2H3. The van der Waals surface area contributed by atoms with E-state index in [1.54, 1.807) is 9.80 Å². The molecule has 1 aliphatic heterocycles. The Morgan fingerprint density at radius 1 is 1.27 bits per heavy atom. The highest BCUT2D eigenvalue weighted by Crippen LogP contribution is 2.30. The summed E-state index contributed by atoms with van der Waals surface area (Å²) in [5.41, 5.74) is 7.48. The molecular formula is C11H12BrN3. The first-order valence-corrected chi connectivity index (χ1v) is 5.44. The second-order valence-corrected chi connectivity index (χ2v) is 4.35. The van der Waals surface area contributed by atoms with Gasteiger partial charge in [-0.15, -0.1) is 4.68 Å². The number of hydrogen-bond acceptors (Lipinski definition) is 1. The van der Waals surface area contributed by atoms with Crippen LogP contribution in [0.25, 0.3) is 5.43 Å². The molecule has 0 unspecified atom stereocenters. The smallest absolute Gasteiger partial charge is 0.189 e. The molecule has 4 heteroatoms. The van der Waals surface area contributed by atoms with Crippen molar-refractivity contribution in [3.63, 3.8) is 0 Å². The molecule has 0 radical (unpaired) electrons. The number of allylic oxidation sites excluding steroid dienone is 2. The zero-order valence-electron chi connectivity index (χ0n) is 8.74. The third-order valence-electron chi connectivity index (χ3n) is 2.44. The van der Waals surface area contributed by atoms with Crippen molar-refractivity contribution < 1.29 is 4.68 Å². The molecule has 3 nitrogen and oxygen atoms in total. The normalized spacial score (nSPS) is 15.9. The summed E-state index contributed by atoms with van der Waals surface area (Å²) in [4.78, 5) is 0. The Balaban J connectivity index is 2.29. The fourth-order valence-electron chi connectivity index (χ4n) is 1.37. The van der Waals surface area contributed by atoms with Crippen LogP contribution in [0.3, 0.4) is 0 Å². The van der Waals surface area contributed by atoms with E-state index in [1.165, 1.54) is 0 Å². The highest BCUT2D eigenvalue weighted by molar-refractivity contribution is 9.10. The molecule has 0 bridgehead atoms. The average molecular weight is 266 g/mol. The first-order chi connectivity index (χ1) is 7.09. The van der Waals surface area contributed by atoms with Gasteiger partial charge < -0.3 is 5.43 Å². The SMILES string of the molecule is C=[N+]1C(C)=C(C)[N-]N1c1ccc(Br)cc1. The summed E-state index contributed by atoms with van der Waals surface area (Å²) in [6, 6.07) is 7.97. The first kappa shape index (κ1) is 10.2. The van der Waals surface area contributed by atoms with Crippen LogP contribution in [0.5, 0.6) is 0 Å². The lowest BCUT2D eigenvalue weighted by Gasteiger charge is -2.25. The van der Waals surface area contributed by atoms with Gasteiger partial charge >= 0.3 is 0 Å². The van der Waals surface area contributed by atoms with Crippen LogP contribution in [0, 0.1) is 0 Å². The van der Waals surface area contributed by atoms with E-state index < -0.39 is 0 Å². The lowest BCUT2D eigenvalue weighted by atomic mass is 10.3. The Hall–Kier alpha value is -1.29. The Labute approximate surface area is 97.8 Å². The maximum atomic E-state index is 4.41. The minimum atomic E-state index is 0.993. The first-order valence-electron chi connectivity index (χ1n) is 4.65. The van der Waals surface area contributed by atoms with Gasteiger partial charge in [-0.3, -0.25) is 0 Å². The molecule has 1 aliphatic rings. The number of hydrazone groups is 1. The molecule has 15 heavy (non-hydrogen) atoms. The minimum Gasteiger partial charge on any atom is -0.535 e. The lowest BCUT2D eigenvalue weighted by molar-refractivity contribution is -0.467. The van der Waals surface area contributed by atoms with Crippen LogP contribution in [0.2, 0.25) is 0 Å². The maximum absolute atomic E-state index is 4.41. The number of halogens is 1. The molecular weight excluding hydrogens is 254 g/mol. The number of nitrogens with zero attached hydrogens (tertiary/aromatic N) is 3. The van der Waals surface area contributed by atoms with E-state index in [4.69, 9.17) is 0 Å². The van der Waals surface area contributed by atoms with Crippen LogP contribution >= 0.6 is 15.9 Å². The van der Waals surface area contributed by atoms with Crippen molar-refractivity contribution in [1.82, 2.24) is 0 Å². The summed E-state index contributed by atoms with van der Waals surface area (Å²) in [6.07, 6.45) is 0. The van der Waals surface area contributed by atoms with Gasteiger partial charge in [0.05, 0.1) is 5.69 Å². The van der Waals surface area contributed by atoms with Crippen molar-refractivity contribution in [3.05, 3.63) is 45.6 Å². The van der Waals surface area contributed by atoms with Gasteiger partial charge in [-0.25, -0.2) is 5.12 Å². The monoisotopic (exact) mass is 265 g/mol. The number of rotatable bonds is 1. The molecule has 0 amide bonds. The molecule has 78 valence electrons. The van der Waals surface area contributed by atoms with Crippen LogP contribution in [0.15, 0.2) is 40.1 Å². The Bertz CT molecular complexity index is 434. The van der Waals surface area contributed by atoms with Crippen LogP contribution in [-0.2, 0) is 0 Å². The summed E-state index contributed by atoms with van der Waals surface area (Å²) < 4.78 is 2.85. The Kier molecular flexibility index (Phi) is 2.52. The third-order valence-corrected chi connectivity index (χ3v) is 2.97. The predicted molar refractivity (Wildman–Crippen MR) is 65.7 cm³/mol. The predicted octanol–water partition coefficient (Wildman–Crippen LogP) is 3.44. The molecule has 0 spiro atoms. The van der Waals surface area contributed by atoms with Gasteiger partial charge in [0.25, 0.3) is 0 Å². The van der Waals surface area contributed by atoms with Gasteiger partial charge in [-0.2, -0.15) is 0 Å².